The summed E-state index contributed by atoms with van der Waals surface area (Å²) in [5.41, 5.74) is 6.25. The Bertz CT molecular complexity index is 263. The largest absolute Gasteiger partial charge is 0.345 e. The first-order valence-corrected chi connectivity index (χ1v) is 6.79. The zero-order chi connectivity index (χ0) is 13.1. The van der Waals surface area contributed by atoms with Crippen molar-refractivity contribution in [3.63, 3.8) is 0 Å². The van der Waals surface area contributed by atoms with Gasteiger partial charge in [-0.1, -0.05) is 33.6 Å². The Balaban J connectivity index is 0.00000289. The monoisotopic (exact) mass is 276 g/mol. The highest BCUT2D eigenvalue weighted by Crippen LogP contribution is 2.26. The Kier molecular flexibility index (Phi) is 7.23. The van der Waals surface area contributed by atoms with Crippen LogP contribution >= 0.6 is 12.4 Å². The summed E-state index contributed by atoms with van der Waals surface area (Å²) in [5, 5.41) is 0. The van der Waals surface area contributed by atoms with Crippen molar-refractivity contribution in [2.75, 3.05) is 13.6 Å². The lowest BCUT2D eigenvalue weighted by atomic mass is 9.82. The number of hydrogen-bond acceptors (Lipinski definition) is 2. The maximum atomic E-state index is 12.1. The second-order valence-electron chi connectivity index (χ2n) is 6.72. The van der Waals surface area contributed by atoms with Gasteiger partial charge in [0.15, 0.2) is 0 Å². The maximum absolute atomic E-state index is 12.1. The van der Waals surface area contributed by atoms with Crippen LogP contribution in [0.15, 0.2) is 0 Å². The molecule has 1 aliphatic rings. The van der Waals surface area contributed by atoms with Crippen LogP contribution in [0.1, 0.15) is 52.9 Å². The van der Waals surface area contributed by atoms with Crippen LogP contribution < -0.4 is 5.73 Å². The Morgan fingerprint density at radius 1 is 1.28 bits per heavy atom. The van der Waals surface area contributed by atoms with Gasteiger partial charge in [-0.05, 0) is 24.2 Å². The van der Waals surface area contributed by atoms with Gasteiger partial charge in [-0.25, -0.2) is 0 Å². The van der Waals surface area contributed by atoms with Crippen LogP contribution in [0.25, 0.3) is 0 Å². The molecular weight excluding hydrogens is 248 g/mol. The first-order chi connectivity index (χ1) is 7.79. The van der Waals surface area contributed by atoms with E-state index in [1.807, 2.05) is 11.9 Å². The van der Waals surface area contributed by atoms with E-state index in [1.54, 1.807) is 0 Å². The van der Waals surface area contributed by atoms with Gasteiger partial charge in [-0.15, -0.1) is 12.4 Å². The van der Waals surface area contributed by atoms with Crippen molar-refractivity contribution >= 4 is 18.3 Å². The molecule has 0 bridgehead atoms. The number of halogens is 1. The predicted molar refractivity (Wildman–Crippen MR) is 78.9 cm³/mol. The summed E-state index contributed by atoms with van der Waals surface area (Å²) in [6.45, 7) is 7.28. The summed E-state index contributed by atoms with van der Waals surface area (Å²) >= 11 is 0. The first kappa shape index (κ1) is 17.7. The first-order valence-electron chi connectivity index (χ1n) is 6.79. The number of rotatable bonds is 3. The van der Waals surface area contributed by atoms with E-state index in [0.29, 0.717) is 12.3 Å². The Morgan fingerprint density at radius 3 is 2.33 bits per heavy atom. The fourth-order valence-corrected chi connectivity index (χ4v) is 2.67. The Hall–Kier alpha value is -0.280. The number of carbonyl (C=O) groups is 1. The number of hydrogen-bond donors (Lipinski definition) is 1. The summed E-state index contributed by atoms with van der Waals surface area (Å²) in [4.78, 5) is 14.0. The highest BCUT2D eigenvalue weighted by atomic mass is 35.5. The summed E-state index contributed by atoms with van der Waals surface area (Å²) in [5.74, 6) is 0.654. The van der Waals surface area contributed by atoms with E-state index in [1.165, 1.54) is 12.8 Å². The fraction of sp³-hybridized carbons (Fsp3) is 0.929. The second kappa shape index (κ2) is 7.34. The molecule has 3 nitrogen and oxygen atoms in total. The van der Waals surface area contributed by atoms with E-state index >= 15 is 0 Å². The average Bonchev–Trinajstić information content (AvgIpc) is 2.18. The van der Waals surface area contributed by atoms with Crippen molar-refractivity contribution in [2.24, 2.45) is 17.1 Å². The van der Waals surface area contributed by atoms with E-state index in [4.69, 9.17) is 5.73 Å². The zero-order valence-corrected chi connectivity index (χ0v) is 13.1. The molecule has 0 aliphatic heterocycles. The molecule has 1 amide bonds. The summed E-state index contributed by atoms with van der Waals surface area (Å²) < 4.78 is 0. The third kappa shape index (κ3) is 6.05. The third-order valence-electron chi connectivity index (χ3n) is 3.54. The summed E-state index contributed by atoms with van der Waals surface area (Å²) in [7, 11) is 1.90. The van der Waals surface area contributed by atoms with E-state index < -0.39 is 0 Å². The molecule has 4 heteroatoms. The lowest BCUT2D eigenvalue weighted by Crippen LogP contribution is -2.40. The van der Waals surface area contributed by atoms with Crippen LogP contribution in [0.5, 0.6) is 0 Å². The van der Waals surface area contributed by atoms with Gasteiger partial charge in [0.1, 0.15) is 0 Å². The molecule has 1 rings (SSSR count). The molecule has 18 heavy (non-hydrogen) atoms. The highest BCUT2D eigenvalue weighted by Gasteiger charge is 2.26. The maximum Gasteiger partial charge on any atom is 0.222 e. The van der Waals surface area contributed by atoms with Crippen molar-refractivity contribution in [3.05, 3.63) is 0 Å². The number of amides is 1. The number of nitrogens with zero attached hydrogens (tertiary/aromatic N) is 1. The van der Waals surface area contributed by atoms with Gasteiger partial charge < -0.3 is 10.6 Å². The highest BCUT2D eigenvalue weighted by molar-refractivity contribution is 5.85. The smallest absolute Gasteiger partial charge is 0.222 e. The molecule has 0 saturated heterocycles. The van der Waals surface area contributed by atoms with Gasteiger partial charge >= 0.3 is 0 Å². The van der Waals surface area contributed by atoms with Gasteiger partial charge in [0.05, 0.1) is 0 Å². The van der Waals surface area contributed by atoms with Gasteiger partial charge in [-0.3, -0.25) is 4.79 Å². The Labute approximate surface area is 118 Å². The van der Waals surface area contributed by atoms with Crippen molar-refractivity contribution in [3.8, 4) is 0 Å². The van der Waals surface area contributed by atoms with E-state index in [2.05, 4.69) is 20.8 Å². The van der Waals surface area contributed by atoms with Gasteiger partial charge in [0, 0.05) is 26.1 Å². The van der Waals surface area contributed by atoms with Crippen molar-refractivity contribution in [2.45, 2.75) is 58.9 Å². The molecule has 0 aromatic carbocycles. The van der Waals surface area contributed by atoms with Crippen LogP contribution in [-0.2, 0) is 4.79 Å². The van der Waals surface area contributed by atoms with Crippen LogP contribution in [-0.4, -0.2) is 30.4 Å². The molecule has 0 aromatic heterocycles. The predicted octanol–water partition coefficient (Wildman–Crippen LogP) is 2.82. The van der Waals surface area contributed by atoms with E-state index in [9.17, 15) is 4.79 Å². The molecule has 2 atom stereocenters. The average molecular weight is 277 g/mol. The SMILES string of the molecule is CN(CC(C)(C)C)C(=O)CC1CCCCC1N.Cl. The molecule has 2 N–H and O–H groups in total. The molecule has 108 valence electrons. The zero-order valence-electron chi connectivity index (χ0n) is 12.2. The lowest BCUT2D eigenvalue weighted by molar-refractivity contribution is -0.132. The molecule has 0 radical (unpaired) electrons. The molecular formula is C14H29ClN2O. The molecule has 1 saturated carbocycles. The van der Waals surface area contributed by atoms with Crippen LogP contribution in [0.3, 0.4) is 0 Å². The van der Waals surface area contributed by atoms with Crippen LogP contribution in [0, 0.1) is 11.3 Å². The summed E-state index contributed by atoms with van der Waals surface area (Å²) in [6, 6.07) is 0.232. The van der Waals surface area contributed by atoms with Crippen molar-refractivity contribution in [1.82, 2.24) is 4.90 Å². The quantitative estimate of drug-likeness (QED) is 0.862. The minimum atomic E-state index is 0. The fourth-order valence-electron chi connectivity index (χ4n) is 2.67. The van der Waals surface area contributed by atoms with Gasteiger partial charge in [-0.2, -0.15) is 0 Å². The molecule has 1 aliphatic carbocycles. The van der Waals surface area contributed by atoms with Gasteiger partial charge in [0.2, 0.25) is 5.91 Å². The minimum absolute atomic E-state index is 0. The van der Waals surface area contributed by atoms with Gasteiger partial charge in [0.25, 0.3) is 0 Å². The lowest BCUT2D eigenvalue weighted by Gasteiger charge is -2.31. The van der Waals surface area contributed by atoms with Crippen molar-refractivity contribution in [1.29, 1.82) is 0 Å². The van der Waals surface area contributed by atoms with Crippen molar-refractivity contribution < 1.29 is 4.79 Å². The topological polar surface area (TPSA) is 46.3 Å². The minimum Gasteiger partial charge on any atom is -0.345 e. The molecule has 0 heterocycles. The molecule has 0 spiro atoms. The second-order valence-corrected chi connectivity index (χ2v) is 6.72. The summed E-state index contributed by atoms with van der Waals surface area (Å²) in [6.07, 6.45) is 5.29. The van der Waals surface area contributed by atoms with Crippen LogP contribution in [0.4, 0.5) is 0 Å². The molecule has 1 fully saturated rings. The molecule has 0 aromatic rings. The van der Waals surface area contributed by atoms with E-state index in [0.717, 1.165) is 19.4 Å². The number of carbonyl (C=O) groups excluding carboxylic acids is 1. The van der Waals surface area contributed by atoms with Crippen LogP contribution in [0.2, 0.25) is 0 Å². The standard InChI is InChI=1S/C14H28N2O.ClH/c1-14(2,3)10-16(4)13(17)9-11-7-5-6-8-12(11)15;/h11-12H,5-10,15H2,1-4H3;1H. The Morgan fingerprint density at radius 2 is 1.83 bits per heavy atom. The van der Waals surface area contributed by atoms with E-state index in [-0.39, 0.29) is 29.8 Å². The molecule has 2 unspecified atom stereocenters. The third-order valence-corrected chi connectivity index (χ3v) is 3.54. The normalized spacial score (nSPS) is 24.3. The number of nitrogens with two attached hydrogens (primary N) is 1.